The fourth-order valence-electron chi connectivity index (χ4n) is 1.69. The van der Waals surface area contributed by atoms with Gasteiger partial charge in [-0.15, -0.1) is 11.8 Å². The maximum Gasteiger partial charge on any atom is 0.291 e. The molecule has 2 rings (SSSR count). The maximum absolute atomic E-state index is 11.9. The molecule has 0 aliphatic rings. The Balaban J connectivity index is 2.19. The molecule has 23 heavy (non-hydrogen) atoms. The number of furan rings is 1. The van der Waals surface area contributed by atoms with Crippen LogP contribution in [0, 0.1) is 10.1 Å². The zero-order valence-electron chi connectivity index (χ0n) is 11.8. The van der Waals surface area contributed by atoms with Crippen LogP contribution in [0.25, 0.3) is 0 Å². The van der Waals surface area contributed by atoms with Gasteiger partial charge in [-0.2, -0.15) is 0 Å². The summed E-state index contributed by atoms with van der Waals surface area (Å²) in [4.78, 5) is 22.8. The van der Waals surface area contributed by atoms with Crippen LogP contribution >= 0.6 is 11.8 Å². The summed E-state index contributed by atoms with van der Waals surface area (Å²) in [5.41, 5.74) is 0.0461. The molecule has 0 aliphatic carbocycles. The van der Waals surface area contributed by atoms with Gasteiger partial charge < -0.3 is 19.9 Å². The lowest BCUT2D eigenvalue weighted by molar-refractivity contribution is -0.385. The molecule has 0 saturated carbocycles. The molecule has 0 saturated heterocycles. The quantitative estimate of drug-likeness (QED) is 0.400. The number of benzene rings is 1. The average molecular weight is 338 g/mol. The summed E-state index contributed by atoms with van der Waals surface area (Å²) in [6.07, 6.45) is 0.417. The number of carbonyl (C=O) groups is 1. The number of aliphatic hydroxyl groups excluding tert-OH is 2. The van der Waals surface area contributed by atoms with E-state index in [9.17, 15) is 20.0 Å². The molecule has 1 amide bonds. The minimum Gasteiger partial charge on any atom is -0.459 e. The van der Waals surface area contributed by atoms with Crippen molar-refractivity contribution >= 4 is 29.0 Å². The van der Waals surface area contributed by atoms with Crippen molar-refractivity contribution in [1.29, 1.82) is 0 Å². The molecule has 3 N–H and O–H groups in total. The number of amides is 1. The number of anilines is 1. The number of nitro groups is 1. The average Bonchev–Trinajstić information content (AvgIpc) is 3.06. The van der Waals surface area contributed by atoms with Crippen LogP contribution < -0.4 is 5.32 Å². The topological polar surface area (TPSA) is 126 Å². The molecule has 2 aromatic rings. The van der Waals surface area contributed by atoms with Crippen molar-refractivity contribution in [2.75, 3.05) is 17.7 Å². The van der Waals surface area contributed by atoms with Gasteiger partial charge in [-0.25, -0.2) is 0 Å². The van der Waals surface area contributed by atoms with E-state index in [4.69, 9.17) is 9.52 Å². The highest BCUT2D eigenvalue weighted by atomic mass is 32.2. The molecule has 1 atom stereocenters. The van der Waals surface area contributed by atoms with Crippen LogP contribution in [0.3, 0.4) is 0 Å². The monoisotopic (exact) mass is 338 g/mol. The first-order valence-corrected chi connectivity index (χ1v) is 7.54. The molecule has 0 radical (unpaired) electrons. The second kappa shape index (κ2) is 7.77. The third kappa shape index (κ3) is 4.81. The number of hydrogen-bond acceptors (Lipinski definition) is 7. The molecule has 122 valence electrons. The predicted octanol–water partition coefficient (Wildman–Crippen LogP) is 1.89. The van der Waals surface area contributed by atoms with Crippen molar-refractivity contribution < 1.29 is 24.3 Å². The van der Waals surface area contributed by atoms with Crippen LogP contribution in [0.2, 0.25) is 0 Å². The molecule has 1 aromatic carbocycles. The van der Waals surface area contributed by atoms with Crippen LogP contribution in [0.4, 0.5) is 11.4 Å². The summed E-state index contributed by atoms with van der Waals surface area (Å²) in [6.45, 7) is -0.399. The number of nitrogens with one attached hydrogen (secondary N) is 1. The molecule has 9 heteroatoms. The summed E-state index contributed by atoms with van der Waals surface area (Å²) < 4.78 is 4.96. The third-order valence-corrected chi connectivity index (χ3v) is 3.88. The van der Waals surface area contributed by atoms with Gasteiger partial charge in [0, 0.05) is 28.5 Å². The van der Waals surface area contributed by atoms with Gasteiger partial charge in [-0.1, -0.05) is 0 Å². The maximum atomic E-state index is 11.9. The van der Waals surface area contributed by atoms with E-state index >= 15 is 0 Å². The van der Waals surface area contributed by atoms with E-state index in [2.05, 4.69) is 5.32 Å². The Morgan fingerprint density at radius 2 is 2.22 bits per heavy atom. The van der Waals surface area contributed by atoms with Crippen LogP contribution in [0.5, 0.6) is 0 Å². The van der Waals surface area contributed by atoms with Gasteiger partial charge in [-0.3, -0.25) is 14.9 Å². The predicted molar refractivity (Wildman–Crippen MR) is 83.6 cm³/mol. The second-order valence-corrected chi connectivity index (χ2v) is 5.64. The molecular weight excluding hydrogens is 324 g/mol. The Hall–Kier alpha value is -2.36. The van der Waals surface area contributed by atoms with Crippen LogP contribution in [-0.2, 0) is 0 Å². The van der Waals surface area contributed by atoms with Gasteiger partial charge in [0.1, 0.15) is 0 Å². The van der Waals surface area contributed by atoms with Crippen molar-refractivity contribution in [2.24, 2.45) is 0 Å². The number of carbonyl (C=O) groups excluding carboxylic acids is 1. The molecule has 0 fully saturated rings. The SMILES string of the molecule is O=C(Nc1cc(SCC(O)CO)cc([N+](=O)[O-])c1)c1ccco1. The lowest BCUT2D eigenvalue weighted by atomic mass is 10.2. The first-order chi connectivity index (χ1) is 11.0. The Labute approximate surface area is 135 Å². The van der Waals surface area contributed by atoms with Crippen LogP contribution in [0.1, 0.15) is 10.6 Å². The second-order valence-electron chi connectivity index (χ2n) is 4.55. The number of non-ortho nitro benzene ring substituents is 1. The minimum absolute atomic E-state index is 0.0846. The van der Waals surface area contributed by atoms with Gasteiger partial charge in [-0.05, 0) is 18.2 Å². The van der Waals surface area contributed by atoms with E-state index < -0.39 is 23.5 Å². The molecule has 0 bridgehead atoms. The van der Waals surface area contributed by atoms with Crippen molar-refractivity contribution in [2.45, 2.75) is 11.0 Å². The Kier molecular flexibility index (Phi) is 5.74. The number of rotatable bonds is 7. The summed E-state index contributed by atoms with van der Waals surface area (Å²) in [7, 11) is 0. The Bertz CT molecular complexity index is 689. The summed E-state index contributed by atoms with van der Waals surface area (Å²) in [5.74, 6) is -0.272. The molecule has 0 aliphatic heterocycles. The third-order valence-electron chi connectivity index (χ3n) is 2.76. The smallest absolute Gasteiger partial charge is 0.291 e. The van der Waals surface area contributed by atoms with E-state index in [0.717, 1.165) is 11.8 Å². The lowest BCUT2D eigenvalue weighted by Gasteiger charge is -2.09. The van der Waals surface area contributed by atoms with Gasteiger partial charge >= 0.3 is 0 Å². The number of aliphatic hydroxyl groups is 2. The highest BCUT2D eigenvalue weighted by Crippen LogP contribution is 2.28. The van der Waals surface area contributed by atoms with E-state index in [1.807, 2.05) is 0 Å². The summed E-state index contributed by atoms with van der Waals surface area (Å²) >= 11 is 1.13. The largest absolute Gasteiger partial charge is 0.459 e. The van der Waals surface area contributed by atoms with Crippen molar-refractivity contribution in [1.82, 2.24) is 0 Å². The first-order valence-electron chi connectivity index (χ1n) is 6.55. The van der Waals surface area contributed by atoms with E-state index in [-0.39, 0.29) is 22.9 Å². The van der Waals surface area contributed by atoms with E-state index in [1.165, 1.54) is 24.5 Å². The molecule has 1 unspecified atom stereocenters. The summed E-state index contributed by atoms with van der Waals surface area (Å²) in [6, 6.07) is 7.13. The highest BCUT2D eigenvalue weighted by Gasteiger charge is 2.15. The fourth-order valence-corrected chi connectivity index (χ4v) is 2.59. The van der Waals surface area contributed by atoms with Crippen LogP contribution in [0.15, 0.2) is 45.9 Å². The van der Waals surface area contributed by atoms with E-state index in [0.29, 0.717) is 4.90 Å². The lowest BCUT2D eigenvalue weighted by Crippen LogP contribution is -2.14. The summed E-state index contributed by atoms with van der Waals surface area (Å²) in [5, 5.41) is 31.7. The fraction of sp³-hybridized carbons (Fsp3) is 0.214. The van der Waals surface area contributed by atoms with Gasteiger partial charge in [0.15, 0.2) is 5.76 Å². The van der Waals surface area contributed by atoms with Gasteiger partial charge in [0.2, 0.25) is 0 Å². The van der Waals surface area contributed by atoms with Crippen molar-refractivity contribution in [3.63, 3.8) is 0 Å². The van der Waals surface area contributed by atoms with E-state index in [1.54, 1.807) is 12.1 Å². The normalized spacial score (nSPS) is 11.9. The van der Waals surface area contributed by atoms with Crippen molar-refractivity contribution in [3.05, 3.63) is 52.5 Å². The molecule has 1 aromatic heterocycles. The zero-order valence-corrected chi connectivity index (χ0v) is 12.7. The molecule has 1 heterocycles. The Morgan fingerprint density at radius 3 is 2.83 bits per heavy atom. The molecule has 0 spiro atoms. The van der Waals surface area contributed by atoms with Crippen LogP contribution in [-0.4, -0.2) is 39.5 Å². The highest BCUT2D eigenvalue weighted by molar-refractivity contribution is 7.99. The zero-order chi connectivity index (χ0) is 16.8. The number of hydrogen-bond donors (Lipinski definition) is 3. The van der Waals surface area contributed by atoms with Gasteiger partial charge in [0.05, 0.1) is 23.9 Å². The first kappa shape index (κ1) is 17.0. The van der Waals surface area contributed by atoms with Gasteiger partial charge in [0.25, 0.3) is 11.6 Å². The molecular formula is C14H14N2O6S. The standard InChI is InChI=1S/C14H14N2O6S/c17-7-11(18)8-23-12-5-9(4-10(6-12)16(20)21)15-14(19)13-2-1-3-22-13/h1-6,11,17-18H,7-8H2,(H,15,19). The van der Waals surface area contributed by atoms with Crippen molar-refractivity contribution in [3.8, 4) is 0 Å². The minimum atomic E-state index is -0.930. The Morgan fingerprint density at radius 1 is 1.43 bits per heavy atom. The number of nitrogens with zero attached hydrogens (tertiary/aromatic N) is 1. The number of thioether (sulfide) groups is 1. The molecule has 8 nitrogen and oxygen atoms in total. The number of nitro benzene ring substituents is 1.